The Morgan fingerprint density at radius 1 is 1.03 bits per heavy atom. The minimum atomic E-state index is -0.180. The van der Waals surface area contributed by atoms with Gasteiger partial charge < -0.3 is 15.4 Å². The van der Waals surface area contributed by atoms with E-state index < -0.39 is 0 Å². The minimum Gasteiger partial charge on any atom is -0.497 e. The highest BCUT2D eigenvalue weighted by Gasteiger charge is 2.12. The lowest BCUT2D eigenvalue weighted by Gasteiger charge is -2.08. The third-order valence-corrected chi connectivity index (χ3v) is 6.14. The summed E-state index contributed by atoms with van der Waals surface area (Å²) in [5.74, 6) is 0.656. The Hall–Kier alpha value is -2.91. The van der Waals surface area contributed by atoms with Crippen LogP contribution >= 0.6 is 23.1 Å². The summed E-state index contributed by atoms with van der Waals surface area (Å²) in [6.45, 7) is 3.93. The summed E-state index contributed by atoms with van der Waals surface area (Å²) in [6, 6.07) is 13.2. The second kappa shape index (κ2) is 10.2. The van der Waals surface area contributed by atoms with Crippen LogP contribution in [0.4, 0.5) is 10.8 Å². The number of rotatable bonds is 8. The molecule has 0 aliphatic heterocycles. The molecule has 3 rings (SSSR count). The topological polar surface area (TPSA) is 93.2 Å². The first-order chi connectivity index (χ1) is 14.4. The predicted molar refractivity (Wildman–Crippen MR) is 121 cm³/mol. The SMILES string of the molecule is COc1ccc(CC(=O)Nc2nnc(SCC(=O)Nc3cc(C)ccc3C)s2)cc1. The van der Waals surface area contributed by atoms with Crippen LogP contribution in [-0.4, -0.2) is 34.9 Å². The molecule has 0 saturated carbocycles. The number of hydrogen-bond acceptors (Lipinski definition) is 7. The van der Waals surface area contributed by atoms with E-state index in [-0.39, 0.29) is 24.0 Å². The van der Waals surface area contributed by atoms with E-state index in [1.54, 1.807) is 7.11 Å². The molecule has 0 bridgehead atoms. The summed E-state index contributed by atoms with van der Waals surface area (Å²) in [6.07, 6.45) is 0.226. The highest BCUT2D eigenvalue weighted by atomic mass is 32.2. The number of hydrogen-bond donors (Lipinski definition) is 2. The van der Waals surface area contributed by atoms with Gasteiger partial charge in [0.15, 0.2) is 4.34 Å². The van der Waals surface area contributed by atoms with Crippen LogP contribution < -0.4 is 15.4 Å². The van der Waals surface area contributed by atoms with Crippen molar-refractivity contribution in [3.8, 4) is 5.75 Å². The van der Waals surface area contributed by atoms with Gasteiger partial charge in [-0.2, -0.15) is 0 Å². The number of ether oxygens (including phenoxy) is 1. The third kappa shape index (κ3) is 6.30. The average Bonchev–Trinajstić information content (AvgIpc) is 3.17. The Bertz CT molecular complexity index is 1030. The average molecular weight is 443 g/mol. The van der Waals surface area contributed by atoms with Crippen LogP contribution in [0.1, 0.15) is 16.7 Å². The van der Waals surface area contributed by atoms with Gasteiger partial charge in [-0.15, -0.1) is 10.2 Å². The Labute approximate surface area is 183 Å². The second-order valence-electron chi connectivity index (χ2n) is 6.60. The molecule has 9 heteroatoms. The molecule has 0 fully saturated rings. The zero-order valence-electron chi connectivity index (χ0n) is 16.9. The van der Waals surface area contributed by atoms with E-state index in [1.807, 2.05) is 56.3 Å². The fourth-order valence-corrected chi connectivity index (χ4v) is 4.16. The Morgan fingerprint density at radius 2 is 1.80 bits per heavy atom. The van der Waals surface area contributed by atoms with E-state index in [1.165, 1.54) is 23.1 Å². The quantitative estimate of drug-likeness (QED) is 0.403. The number of benzene rings is 2. The molecule has 2 N–H and O–H groups in total. The number of amides is 2. The third-order valence-electron chi connectivity index (χ3n) is 4.17. The van der Waals surface area contributed by atoms with Crippen molar-refractivity contribution < 1.29 is 14.3 Å². The second-order valence-corrected chi connectivity index (χ2v) is 8.80. The molecule has 0 spiro atoms. The predicted octanol–water partition coefficient (Wildman–Crippen LogP) is 4.08. The van der Waals surface area contributed by atoms with E-state index in [0.717, 1.165) is 28.1 Å². The molecule has 0 saturated heterocycles. The molecule has 156 valence electrons. The van der Waals surface area contributed by atoms with Crippen LogP contribution in [0.5, 0.6) is 5.75 Å². The van der Waals surface area contributed by atoms with Crippen LogP contribution in [0.15, 0.2) is 46.8 Å². The molecule has 1 aromatic heterocycles. The van der Waals surface area contributed by atoms with Crippen molar-refractivity contribution in [2.24, 2.45) is 0 Å². The number of carbonyl (C=O) groups is 2. The number of aryl methyl sites for hydroxylation is 2. The maximum Gasteiger partial charge on any atom is 0.234 e. The van der Waals surface area contributed by atoms with Crippen molar-refractivity contribution in [2.45, 2.75) is 24.6 Å². The molecule has 2 amide bonds. The molecule has 0 radical (unpaired) electrons. The first-order valence-electron chi connectivity index (χ1n) is 9.19. The van der Waals surface area contributed by atoms with Crippen molar-refractivity contribution in [1.29, 1.82) is 0 Å². The summed E-state index contributed by atoms with van der Waals surface area (Å²) in [7, 11) is 1.60. The van der Waals surface area contributed by atoms with E-state index in [2.05, 4.69) is 20.8 Å². The molecule has 7 nitrogen and oxygen atoms in total. The van der Waals surface area contributed by atoms with Gasteiger partial charge in [-0.25, -0.2) is 0 Å². The number of thioether (sulfide) groups is 1. The first-order valence-corrected chi connectivity index (χ1v) is 11.0. The van der Waals surface area contributed by atoms with Crippen LogP contribution in [0.25, 0.3) is 0 Å². The van der Waals surface area contributed by atoms with E-state index in [0.29, 0.717) is 9.47 Å². The Balaban J connectivity index is 1.47. The molecule has 0 aliphatic carbocycles. The zero-order valence-corrected chi connectivity index (χ0v) is 18.5. The molecule has 1 heterocycles. The van der Waals surface area contributed by atoms with Crippen molar-refractivity contribution in [2.75, 3.05) is 23.5 Å². The minimum absolute atomic E-state index is 0.117. The van der Waals surface area contributed by atoms with Gasteiger partial charge in [0.2, 0.25) is 16.9 Å². The van der Waals surface area contributed by atoms with Crippen molar-refractivity contribution in [3.63, 3.8) is 0 Å². The summed E-state index contributed by atoms with van der Waals surface area (Å²) >= 11 is 2.52. The fourth-order valence-electron chi connectivity index (χ4n) is 2.59. The Morgan fingerprint density at radius 3 is 2.53 bits per heavy atom. The summed E-state index contributed by atoms with van der Waals surface area (Å²) in [4.78, 5) is 24.4. The number of carbonyl (C=O) groups excluding carboxylic acids is 2. The van der Waals surface area contributed by atoms with E-state index in [4.69, 9.17) is 4.74 Å². The number of methoxy groups -OCH3 is 1. The standard InChI is InChI=1S/C21H22N4O3S2/c1-13-4-5-14(2)17(10-13)22-19(27)12-29-21-25-24-20(30-21)23-18(26)11-15-6-8-16(28-3)9-7-15/h4-10H,11-12H2,1-3H3,(H,22,27)(H,23,24,26). The monoisotopic (exact) mass is 442 g/mol. The first kappa shape index (κ1) is 21.8. The number of anilines is 2. The van der Waals surface area contributed by atoms with Gasteiger partial charge in [0.05, 0.1) is 19.3 Å². The van der Waals surface area contributed by atoms with Gasteiger partial charge >= 0.3 is 0 Å². The van der Waals surface area contributed by atoms with Crippen molar-refractivity contribution in [1.82, 2.24) is 10.2 Å². The largest absolute Gasteiger partial charge is 0.497 e. The van der Waals surface area contributed by atoms with Gasteiger partial charge in [0.25, 0.3) is 0 Å². The number of nitrogens with one attached hydrogen (secondary N) is 2. The van der Waals surface area contributed by atoms with E-state index in [9.17, 15) is 9.59 Å². The van der Waals surface area contributed by atoms with Crippen LogP contribution in [0, 0.1) is 13.8 Å². The van der Waals surface area contributed by atoms with Gasteiger partial charge in [-0.05, 0) is 48.7 Å². The zero-order chi connectivity index (χ0) is 21.5. The lowest BCUT2D eigenvalue weighted by atomic mass is 10.1. The summed E-state index contributed by atoms with van der Waals surface area (Å²) < 4.78 is 5.73. The van der Waals surface area contributed by atoms with Gasteiger partial charge in [0, 0.05) is 5.69 Å². The lowest BCUT2D eigenvalue weighted by molar-refractivity contribution is -0.115. The van der Waals surface area contributed by atoms with Gasteiger partial charge in [-0.1, -0.05) is 47.4 Å². The summed E-state index contributed by atoms with van der Waals surface area (Å²) in [5, 5.41) is 14.1. The van der Waals surface area contributed by atoms with Crippen LogP contribution in [0.3, 0.4) is 0 Å². The lowest BCUT2D eigenvalue weighted by Crippen LogP contribution is -2.14. The fraction of sp³-hybridized carbons (Fsp3) is 0.238. The van der Waals surface area contributed by atoms with Crippen molar-refractivity contribution in [3.05, 3.63) is 59.2 Å². The van der Waals surface area contributed by atoms with Crippen LogP contribution in [0.2, 0.25) is 0 Å². The normalized spacial score (nSPS) is 10.5. The van der Waals surface area contributed by atoms with Gasteiger partial charge in [0.1, 0.15) is 5.75 Å². The number of aromatic nitrogens is 2. The van der Waals surface area contributed by atoms with Gasteiger partial charge in [-0.3, -0.25) is 9.59 Å². The molecule has 30 heavy (non-hydrogen) atoms. The maximum atomic E-state index is 12.2. The molecule has 2 aromatic carbocycles. The molecular weight excluding hydrogens is 420 g/mol. The number of nitrogens with zero attached hydrogens (tertiary/aromatic N) is 2. The maximum absolute atomic E-state index is 12.2. The molecule has 3 aromatic rings. The summed E-state index contributed by atoms with van der Waals surface area (Å²) in [5.41, 5.74) is 3.78. The molecule has 0 aliphatic rings. The molecular formula is C21H22N4O3S2. The van der Waals surface area contributed by atoms with E-state index >= 15 is 0 Å². The highest BCUT2D eigenvalue weighted by molar-refractivity contribution is 8.01. The molecule has 0 unspecified atom stereocenters. The molecule has 0 atom stereocenters. The van der Waals surface area contributed by atoms with Crippen LogP contribution in [-0.2, 0) is 16.0 Å². The Kier molecular flexibility index (Phi) is 7.42. The van der Waals surface area contributed by atoms with Crippen molar-refractivity contribution >= 4 is 45.7 Å². The smallest absolute Gasteiger partial charge is 0.234 e. The highest BCUT2D eigenvalue weighted by Crippen LogP contribution is 2.26.